The van der Waals surface area contributed by atoms with Gasteiger partial charge in [0.25, 0.3) is 5.56 Å². The summed E-state index contributed by atoms with van der Waals surface area (Å²) in [6, 6.07) is 8.23. The fourth-order valence-corrected chi connectivity index (χ4v) is 6.71. The van der Waals surface area contributed by atoms with Crippen LogP contribution in [0.25, 0.3) is 15.9 Å². The van der Waals surface area contributed by atoms with Gasteiger partial charge in [-0.2, -0.15) is 0 Å². The van der Waals surface area contributed by atoms with Crippen molar-refractivity contribution in [3.05, 3.63) is 50.6 Å². The van der Waals surface area contributed by atoms with Gasteiger partial charge in [-0.3, -0.25) is 9.36 Å². The van der Waals surface area contributed by atoms with Crippen molar-refractivity contribution in [3.63, 3.8) is 0 Å². The van der Waals surface area contributed by atoms with Crippen molar-refractivity contribution in [2.75, 3.05) is 5.75 Å². The van der Waals surface area contributed by atoms with Gasteiger partial charge >= 0.3 is 0 Å². The molecule has 0 spiro atoms. The van der Waals surface area contributed by atoms with Gasteiger partial charge in [-0.05, 0) is 61.6 Å². The summed E-state index contributed by atoms with van der Waals surface area (Å²) in [7, 11) is 0. The van der Waals surface area contributed by atoms with Gasteiger partial charge in [-0.15, -0.1) is 11.3 Å². The highest BCUT2D eigenvalue weighted by molar-refractivity contribution is 7.99. The van der Waals surface area contributed by atoms with Gasteiger partial charge in [-0.1, -0.05) is 63.6 Å². The molecule has 1 atom stereocenters. The molecule has 2 aromatic heterocycles. The van der Waals surface area contributed by atoms with Crippen molar-refractivity contribution >= 4 is 33.3 Å². The van der Waals surface area contributed by atoms with Gasteiger partial charge in [0.1, 0.15) is 4.83 Å². The van der Waals surface area contributed by atoms with Gasteiger partial charge in [0.05, 0.1) is 11.1 Å². The van der Waals surface area contributed by atoms with E-state index in [4.69, 9.17) is 4.98 Å². The van der Waals surface area contributed by atoms with E-state index in [1.165, 1.54) is 16.0 Å². The number of aromatic nitrogens is 2. The summed E-state index contributed by atoms with van der Waals surface area (Å²) in [4.78, 5) is 21.2. The summed E-state index contributed by atoms with van der Waals surface area (Å²) in [5.41, 5.74) is 3.78. The Labute approximate surface area is 187 Å². The van der Waals surface area contributed by atoms with Crippen LogP contribution in [0.1, 0.15) is 63.0 Å². The number of hydrogen-bond donors (Lipinski definition) is 0. The molecule has 0 fully saturated rings. The van der Waals surface area contributed by atoms with Crippen molar-refractivity contribution in [2.45, 2.75) is 71.9 Å². The maximum atomic E-state index is 13.8. The first kappa shape index (κ1) is 21.6. The number of benzene rings is 1. The average molecular weight is 441 g/mol. The first-order valence-corrected chi connectivity index (χ1v) is 12.9. The number of rotatable bonds is 5. The number of unbranched alkanes of at least 4 members (excludes halogenated alkanes) is 1. The zero-order valence-corrected chi connectivity index (χ0v) is 20.4. The maximum Gasteiger partial charge on any atom is 0.267 e. The molecule has 0 unspecified atom stereocenters. The van der Waals surface area contributed by atoms with Crippen molar-refractivity contribution in [1.82, 2.24) is 9.55 Å². The van der Waals surface area contributed by atoms with Gasteiger partial charge in [0.15, 0.2) is 5.16 Å². The topological polar surface area (TPSA) is 34.9 Å². The van der Waals surface area contributed by atoms with Gasteiger partial charge in [-0.25, -0.2) is 4.98 Å². The number of fused-ring (bicyclic) bond motifs is 3. The first-order chi connectivity index (χ1) is 14.3. The van der Waals surface area contributed by atoms with Crippen LogP contribution in [0.4, 0.5) is 0 Å². The number of nitrogens with zero attached hydrogens (tertiary/aromatic N) is 2. The van der Waals surface area contributed by atoms with Crippen LogP contribution in [0.3, 0.4) is 0 Å². The maximum absolute atomic E-state index is 13.8. The molecule has 0 saturated carbocycles. The molecule has 30 heavy (non-hydrogen) atoms. The summed E-state index contributed by atoms with van der Waals surface area (Å²) < 4.78 is 1.85. The van der Waals surface area contributed by atoms with Crippen LogP contribution in [-0.2, 0) is 12.8 Å². The second-order valence-corrected chi connectivity index (χ2v) is 11.7. The Bertz CT molecular complexity index is 1100. The summed E-state index contributed by atoms with van der Waals surface area (Å²) in [6.07, 6.45) is 5.48. The molecule has 2 heterocycles. The lowest BCUT2D eigenvalue weighted by Crippen LogP contribution is -2.27. The van der Waals surface area contributed by atoms with Crippen LogP contribution in [-0.4, -0.2) is 15.3 Å². The average Bonchev–Trinajstić information content (AvgIpc) is 3.06. The third kappa shape index (κ3) is 4.11. The molecule has 3 nitrogen and oxygen atoms in total. The van der Waals surface area contributed by atoms with Gasteiger partial charge in [0, 0.05) is 10.6 Å². The van der Waals surface area contributed by atoms with Crippen LogP contribution >= 0.6 is 23.1 Å². The molecule has 0 amide bonds. The predicted molar refractivity (Wildman–Crippen MR) is 131 cm³/mol. The fraction of sp³-hybridized carbons (Fsp3) is 0.520. The fourth-order valence-electron chi connectivity index (χ4n) is 4.27. The zero-order valence-electron chi connectivity index (χ0n) is 18.7. The summed E-state index contributed by atoms with van der Waals surface area (Å²) in [5.74, 6) is 1.65. The lowest BCUT2D eigenvalue weighted by Gasteiger charge is -2.33. The van der Waals surface area contributed by atoms with E-state index in [1.807, 2.05) is 16.7 Å². The van der Waals surface area contributed by atoms with E-state index >= 15 is 0 Å². The Morgan fingerprint density at radius 2 is 1.97 bits per heavy atom. The minimum Gasteiger partial charge on any atom is -0.268 e. The van der Waals surface area contributed by atoms with Crippen LogP contribution in [0.5, 0.6) is 0 Å². The summed E-state index contributed by atoms with van der Waals surface area (Å²) in [5, 5.41) is 1.69. The smallest absolute Gasteiger partial charge is 0.267 e. The third-order valence-electron chi connectivity index (χ3n) is 6.30. The minimum absolute atomic E-state index is 0.106. The molecule has 3 aromatic rings. The molecule has 0 bridgehead atoms. The van der Waals surface area contributed by atoms with Crippen LogP contribution < -0.4 is 5.56 Å². The quantitative estimate of drug-likeness (QED) is 0.249. The highest BCUT2D eigenvalue weighted by Gasteiger charge is 2.32. The first-order valence-electron chi connectivity index (χ1n) is 11.1. The zero-order chi connectivity index (χ0) is 21.5. The molecule has 0 aliphatic heterocycles. The Morgan fingerprint density at radius 1 is 1.23 bits per heavy atom. The Kier molecular flexibility index (Phi) is 6.13. The van der Waals surface area contributed by atoms with Crippen LogP contribution in [0.2, 0.25) is 0 Å². The molecule has 0 N–H and O–H groups in total. The SMILES string of the molecule is CCCCSc1nc2sc3c(c2c(=O)n1-c1ccc(C)cc1)CC[C@@H](C(C)(C)C)C3. The largest absolute Gasteiger partial charge is 0.268 e. The lowest BCUT2D eigenvalue weighted by molar-refractivity contribution is 0.218. The number of hydrogen-bond acceptors (Lipinski definition) is 4. The van der Waals surface area contributed by atoms with E-state index in [9.17, 15) is 4.79 Å². The second-order valence-electron chi connectivity index (χ2n) is 9.56. The molecule has 1 aromatic carbocycles. The molecule has 1 aliphatic rings. The normalized spacial score (nSPS) is 16.8. The number of aryl methyl sites for hydroxylation is 2. The Morgan fingerprint density at radius 3 is 2.63 bits per heavy atom. The molecule has 5 heteroatoms. The lowest BCUT2D eigenvalue weighted by atomic mass is 9.72. The van der Waals surface area contributed by atoms with E-state index in [0.29, 0.717) is 11.3 Å². The third-order valence-corrected chi connectivity index (χ3v) is 8.47. The van der Waals surface area contributed by atoms with Crippen LogP contribution in [0.15, 0.2) is 34.2 Å². The molecular formula is C25H32N2OS2. The molecule has 0 saturated heterocycles. The molecule has 0 radical (unpaired) electrons. The van der Waals surface area contributed by atoms with E-state index < -0.39 is 0 Å². The Balaban J connectivity index is 1.86. The minimum atomic E-state index is 0.106. The molecular weight excluding hydrogens is 408 g/mol. The van der Waals surface area contributed by atoms with Crippen molar-refractivity contribution in [2.24, 2.45) is 11.3 Å². The number of thioether (sulfide) groups is 1. The summed E-state index contributed by atoms with van der Waals surface area (Å²) >= 11 is 3.46. The molecule has 160 valence electrons. The van der Waals surface area contributed by atoms with E-state index in [2.05, 4.69) is 46.8 Å². The van der Waals surface area contributed by atoms with E-state index in [1.54, 1.807) is 23.1 Å². The van der Waals surface area contributed by atoms with E-state index in [-0.39, 0.29) is 5.56 Å². The predicted octanol–water partition coefficient (Wildman–Crippen LogP) is 6.80. The highest BCUT2D eigenvalue weighted by Crippen LogP contribution is 2.42. The van der Waals surface area contributed by atoms with E-state index in [0.717, 1.165) is 58.9 Å². The van der Waals surface area contributed by atoms with Crippen molar-refractivity contribution in [3.8, 4) is 5.69 Å². The standard InChI is InChI=1S/C25H32N2OS2/c1-6-7-14-29-24-26-22-21(23(28)27(24)18-11-8-16(2)9-12-18)19-13-10-17(25(3,4)5)15-20(19)30-22/h8-9,11-12,17H,6-7,10,13-15H2,1-5H3/t17-/m1/s1. The highest BCUT2D eigenvalue weighted by atomic mass is 32.2. The Hall–Kier alpha value is -1.59. The number of thiophene rings is 1. The van der Waals surface area contributed by atoms with Crippen molar-refractivity contribution in [1.29, 1.82) is 0 Å². The van der Waals surface area contributed by atoms with Crippen LogP contribution in [0, 0.1) is 18.3 Å². The van der Waals surface area contributed by atoms with Crippen molar-refractivity contribution < 1.29 is 0 Å². The molecule has 4 rings (SSSR count). The molecule has 1 aliphatic carbocycles. The van der Waals surface area contributed by atoms with Gasteiger partial charge < -0.3 is 0 Å². The van der Waals surface area contributed by atoms with Gasteiger partial charge in [0.2, 0.25) is 0 Å². The monoisotopic (exact) mass is 440 g/mol. The second kappa shape index (κ2) is 8.51. The summed E-state index contributed by atoms with van der Waals surface area (Å²) in [6.45, 7) is 11.3.